The fourth-order valence-electron chi connectivity index (χ4n) is 5.32. The zero-order chi connectivity index (χ0) is 20.7. The Morgan fingerprint density at radius 1 is 1.14 bits per heavy atom. The molecule has 1 aromatic rings. The number of hydrogen-bond acceptors (Lipinski definition) is 5. The Bertz CT molecular complexity index is 834. The maximum atomic E-state index is 12.1. The van der Waals surface area contributed by atoms with Gasteiger partial charge in [-0.1, -0.05) is 6.07 Å². The van der Waals surface area contributed by atoms with Gasteiger partial charge in [0.15, 0.2) is 11.5 Å². The van der Waals surface area contributed by atoms with Crippen molar-refractivity contribution in [1.82, 2.24) is 0 Å². The molecule has 1 unspecified atom stereocenters. The lowest BCUT2D eigenvalue weighted by Gasteiger charge is -2.37. The predicted molar refractivity (Wildman–Crippen MR) is 109 cm³/mol. The Morgan fingerprint density at radius 3 is 2.41 bits per heavy atom. The molecule has 0 N–H and O–H groups in total. The molecule has 4 rings (SSSR count). The number of ether oxygens (including phenoxy) is 3. The maximum Gasteiger partial charge on any atom is 0.327 e. The molecule has 1 aromatic carbocycles. The normalized spacial score (nSPS) is 33.9. The second-order valence-corrected chi connectivity index (χ2v) is 9.48. The van der Waals surface area contributed by atoms with Crippen molar-refractivity contribution in [2.75, 3.05) is 14.2 Å². The van der Waals surface area contributed by atoms with Crippen molar-refractivity contribution in [3.8, 4) is 17.6 Å². The van der Waals surface area contributed by atoms with Gasteiger partial charge in [0.1, 0.15) is 4.87 Å². The minimum absolute atomic E-state index is 0.218. The molecule has 5 nitrogen and oxygen atoms in total. The molecule has 0 heterocycles. The minimum Gasteiger partial charge on any atom is -0.493 e. The van der Waals surface area contributed by atoms with Crippen LogP contribution in [-0.4, -0.2) is 31.2 Å². The summed E-state index contributed by atoms with van der Waals surface area (Å²) in [6.07, 6.45) is 8.18. The van der Waals surface area contributed by atoms with Crippen molar-refractivity contribution in [2.24, 2.45) is 5.41 Å². The van der Waals surface area contributed by atoms with Crippen molar-refractivity contribution in [3.05, 3.63) is 23.8 Å². The van der Waals surface area contributed by atoms with Crippen LogP contribution in [0.1, 0.15) is 63.4 Å². The van der Waals surface area contributed by atoms with Crippen LogP contribution in [0.5, 0.6) is 11.5 Å². The van der Waals surface area contributed by atoms with Crippen LogP contribution in [0.15, 0.2) is 18.2 Å². The number of halogens is 1. The van der Waals surface area contributed by atoms with E-state index in [0.717, 1.165) is 37.0 Å². The van der Waals surface area contributed by atoms with Crippen molar-refractivity contribution in [3.63, 3.8) is 0 Å². The van der Waals surface area contributed by atoms with E-state index in [1.165, 1.54) is 20.0 Å². The zero-order valence-corrected chi connectivity index (χ0v) is 17.9. The van der Waals surface area contributed by atoms with E-state index in [-0.39, 0.29) is 17.5 Å². The average molecular weight is 418 g/mol. The van der Waals surface area contributed by atoms with Gasteiger partial charge in [0, 0.05) is 5.41 Å². The summed E-state index contributed by atoms with van der Waals surface area (Å²) >= 11 is 6.58. The molecule has 0 amide bonds. The molecule has 3 saturated carbocycles. The van der Waals surface area contributed by atoms with Crippen LogP contribution in [0.2, 0.25) is 0 Å². The molecule has 3 aliphatic carbocycles. The molecule has 0 radical (unpaired) electrons. The molecule has 0 saturated heterocycles. The third kappa shape index (κ3) is 3.26. The average Bonchev–Trinajstić information content (AvgIpc) is 3.07. The molecule has 1 spiro atoms. The quantitative estimate of drug-likeness (QED) is 0.503. The van der Waals surface area contributed by atoms with E-state index in [4.69, 9.17) is 25.8 Å². The van der Waals surface area contributed by atoms with E-state index < -0.39 is 10.3 Å². The highest BCUT2D eigenvalue weighted by Gasteiger charge is 2.73. The van der Waals surface area contributed by atoms with Crippen molar-refractivity contribution < 1.29 is 19.0 Å². The number of esters is 1. The standard InChI is InChI=1S/C23H28ClNO4/c1-27-18-8-7-16(13-19(18)29-17-5-3-4-6-17)21(15-25)9-11-22(12-10-21)14-23(22,24)20(26)28-2/h7-8,13,17H,3-6,9-12,14H2,1-2H3. The number of nitriles is 1. The molecule has 3 fully saturated rings. The van der Waals surface area contributed by atoms with Crippen LogP contribution in [0, 0.1) is 16.7 Å². The Balaban J connectivity index is 1.56. The lowest BCUT2D eigenvalue weighted by molar-refractivity contribution is -0.142. The number of carbonyl (C=O) groups excluding carboxylic acids is 1. The van der Waals surface area contributed by atoms with Gasteiger partial charge in [-0.3, -0.25) is 4.79 Å². The Hall–Kier alpha value is -1.93. The highest BCUT2D eigenvalue weighted by atomic mass is 35.5. The van der Waals surface area contributed by atoms with Gasteiger partial charge in [0.25, 0.3) is 0 Å². The summed E-state index contributed by atoms with van der Waals surface area (Å²) in [5, 5.41) is 10.1. The molecule has 0 aliphatic heterocycles. The highest BCUT2D eigenvalue weighted by molar-refractivity contribution is 6.37. The van der Waals surface area contributed by atoms with E-state index in [0.29, 0.717) is 25.0 Å². The van der Waals surface area contributed by atoms with Crippen LogP contribution in [-0.2, 0) is 14.9 Å². The fourth-order valence-corrected chi connectivity index (χ4v) is 5.84. The Kier molecular flexibility index (Phi) is 5.19. The summed E-state index contributed by atoms with van der Waals surface area (Å²) in [7, 11) is 3.02. The fraction of sp³-hybridized carbons (Fsp3) is 0.652. The third-order valence-electron chi connectivity index (χ3n) is 7.39. The number of hydrogen-bond donors (Lipinski definition) is 0. The number of nitrogens with zero attached hydrogens (tertiary/aromatic N) is 1. The van der Waals surface area contributed by atoms with Crippen molar-refractivity contribution in [2.45, 2.75) is 74.2 Å². The highest BCUT2D eigenvalue weighted by Crippen LogP contribution is 2.70. The van der Waals surface area contributed by atoms with E-state index in [9.17, 15) is 10.1 Å². The van der Waals surface area contributed by atoms with Gasteiger partial charge in [0.05, 0.1) is 31.8 Å². The van der Waals surface area contributed by atoms with Gasteiger partial charge in [-0.2, -0.15) is 5.26 Å². The van der Waals surface area contributed by atoms with Gasteiger partial charge in [-0.15, -0.1) is 11.6 Å². The maximum absolute atomic E-state index is 12.1. The lowest BCUT2D eigenvalue weighted by atomic mass is 9.65. The first kappa shape index (κ1) is 20.3. The first-order valence-electron chi connectivity index (χ1n) is 10.5. The molecular weight excluding hydrogens is 390 g/mol. The first-order chi connectivity index (χ1) is 13.9. The van der Waals surface area contributed by atoms with Gasteiger partial charge < -0.3 is 14.2 Å². The first-order valence-corrected chi connectivity index (χ1v) is 10.8. The lowest BCUT2D eigenvalue weighted by Crippen LogP contribution is -2.35. The molecule has 6 heteroatoms. The zero-order valence-electron chi connectivity index (χ0n) is 17.1. The molecular formula is C23H28ClNO4. The monoisotopic (exact) mass is 417 g/mol. The van der Waals surface area contributed by atoms with Crippen molar-refractivity contribution in [1.29, 1.82) is 5.26 Å². The number of carbonyl (C=O) groups is 1. The summed E-state index contributed by atoms with van der Waals surface area (Å²) in [6, 6.07) is 8.44. The van der Waals surface area contributed by atoms with E-state index in [2.05, 4.69) is 6.07 Å². The second-order valence-electron chi connectivity index (χ2n) is 8.83. The molecule has 0 aromatic heterocycles. The summed E-state index contributed by atoms with van der Waals surface area (Å²) in [6.45, 7) is 0. The van der Waals surface area contributed by atoms with Crippen LogP contribution in [0.4, 0.5) is 0 Å². The van der Waals surface area contributed by atoms with Crippen LogP contribution < -0.4 is 9.47 Å². The van der Waals surface area contributed by atoms with Gasteiger partial charge in [-0.25, -0.2) is 0 Å². The topological polar surface area (TPSA) is 68.6 Å². The minimum atomic E-state index is -0.917. The smallest absolute Gasteiger partial charge is 0.327 e. The van der Waals surface area contributed by atoms with E-state index in [1.807, 2.05) is 18.2 Å². The van der Waals surface area contributed by atoms with Gasteiger partial charge in [0.2, 0.25) is 0 Å². The summed E-state index contributed by atoms with van der Waals surface area (Å²) < 4.78 is 16.6. The molecule has 1 atom stereocenters. The number of methoxy groups -OCH3 is 2. The molecule has 0 bridgehead atoms. The number of benzene rings is 1. The van der Waals surface area contributed by atoms with Gasteiger partial charge >= 0.3 is 5.97 Å². The Labute approximate surface area is 177 Å². The number of rotatable bonds is 5. The van der Waals surface area contributed by atoms with Crippen LogP contribution in [0.3, 0.4) is 0 Å². The van der Waals surface area contributed by atoms with Crippen LogP contribution in [0.25, 0.3) is 0 Å². The van der Waals surface area contributed by atoms with Gasteiger partial charge in [-0.05, 0) is 75.5 Å². The van der Waals surface area contributed by atoms with Crippen LogP contribution >= 0.6 is 11.6 Å². The Morgan fingerprint density at radius 2 is 1.83 bits per heavy atom. The second kappa shape index (κ2) is 7.40. The van der Waals surface area contributed by atoms with E-state index in [1.54, 1.807) is 7.11 Å². The SMILES string of the molecule is COC(=O)C1(Cl)CC12CCC(C#N)(c1ccc(OC)c(OC3CCCC3)c1)CC2. The molecule has 3 aliphatic rings. The summed E-state index contributed by atoms with van der Waals surface area (Å²) in [4.78, 5) is 11.2. The number of alkyl halides is 1. The van der Waals surface area contributed by atoms with Crippen molar-refractivity contribution >= 4 is 17.6 Å². The predicted octanol–water partition coefficient (Wildman–Crippen LogP) is 4.89. The summed E-state index contributed by atoms with van der Waals surface area (Å²) in [5.41, 5.74) is 0.127. The molecule has 156 valence electrons. The summed E-state index contributed by atoms with van der Waals surface area (Å²) in [5.74, 6) is 1.08. The third-order valence-corrected chi connectivity index (χ3v) is 8.08. The largest absolute Gasteiger partial charge is 0.493 e. The van der Waals surface area contributed by atoms with E-state index >= 15 is 0 Å². The molecule has 29 heavy (non-hydrogen) atoms.